The Morgan fingerprint density at radius 1 is 0.625 bits per heavy atom. The SMILES string of the molecule is CC(C)(C)[C]#[TaH].CP(C)C.CP(C)C.C[C]1C(C)=C(C)C(C)=C1C. The summed E-state index contributed by atoms with van der Waals surface area (Å²) in [6.45, 7) is 30.9. The quantitative estimate of drug-likeness (QED) is 0.285. The number of rotatable bonds is 0. The fourth-order valence-electron chi connectivity index (χ4n) is 1.41. The summed E-state index contributed by atoms with van der Waals surface area (Å²) in [4.78, 5) is 0. The molecule has 0 fully saturated rings. The summed E-state index contributed by atoms with van der Waals surface area (Å²) in [6, 6.07) is 0. The fourth-order valence-corrected chi connectivity index (χ4v) is 1.41. The smallest absolute Gasteiger partial charge is 0.0226 e. The first-order chi connectivity index (χ1) is 10.6. The van der Waals surface area contributed by atoms with Crippen LogP contribution in [0.25, 0.3) is 0 Å². The first-order valence-electron chi connectivity index (χ1n) is 8.43. The van der Waals surface area contributed by atoms with Crippen LogP contribution in [0, 0.1) is 15.4 Å². The first kappa shape index (κ1) is 29.6. The third-order valence-corrected chi connectivity index (χ3v) is 5.88. The van der Waals surface area contributed by atoms with Crippen LogP contribution in [0.3, 0.4) is 0 Å². The van der Waals surface area contributed by atoms with Gasteiger partial charge in [-0.1, -0.05) is 18.1 Å². The van der Waals surface area contributed by atoms with Gasteiger partial charge in [-0.05, 0) is 78.8 Å². The van der Waals surface area contributed by atoms with E-state index >= 15 is 0 Å². The average Bonchev–Trinajstić information content (AvgIpc) is 2.56. The minimum Gasteiger partial charge on any atom is -0.116 e. The molecule has 0 amide bonds. The average molecular weight is 538 g/mol. The van der Waals surface area contributed by atoms with Crippen molar-refractivity contribution >= 4 is 15.8 Å². The van der Waals surface area contributed by atoms with Crippen LogP contribution in [0.1, 0.15) is 55.4 Å². The molecule has 3 heteroatoms. The van der Waals surface area contributed by atoms with Crippen molar-refractivity contribution in [2.75, 3.05) is 40.0 Å². The van der Waals surface area contributed by atoms with Gasteiger partial charge in [0, 0.05) is 5.92 Å². The molecule has 0 spiro atoms. The van der Waals surface area contributed by atoms with Gasteiger partial charge in [-0.2, -0.15) is 0 Å². The van der Waals surface area contributed by atoms with Gasteiger partial charge in [0.25, 0.3) is 0 Å². The Kier molecular flexibility index (Phi) is 18.5. The molecule has 0 bridgehead atoms. The maximum atomic E-state index is 3.24. The summed E-state index contributed by atoms with van der Waals surface area (Å²) < 4.78 is 3.24. The molecule has 0 heterocycles. The van der Waals surface area contributed by atoms with Crippen LogP contribution in [0.15, 0.2) is 22.3 Å². The molecule has 0 aliphatic heterocycles. The van der Waals surface area contributed by atoms with Crippen LogP contribution >= 0.6 is 15.8 Å². The van der Waals surface area contributed by atoms with Gasteiger partial charge in [0.05, 0.1) is 0 Å². The van der Waals surface area contributed by atoms with Crippen molar-refractivity contribution in [3.63, 3.8) is 0 Å². The van der Waals surface area contributed by atoms with Crippen molar-refractivity contribution < 1.29 is 20.4 Å². The molecule has 0 unspecified atom stereocenters. The second kappa shape index (κ2) is 15.0. The predicted octanol–water partition coefficient (Wildman–Crippen LogP) is 7.25. The van der Waals surface area contributed by atoms with Crippen molar-refractivity contribution in [1.29, 1.82) is 0 Å². The van der Waals surface area contributed by atoms with Crippen LogP contribution in [0.2, 0.25) is 0 Å². The second-order valence-electron chi connectivity index (χ2n) is 8.18. The van der Waals surface area contributed by atoms with Gasteiger partial charge in [0.15, 0.2) is 0 Å². The molecule has 142 valence electrons. The van der Waals surface area contributed by atoms with Crippen molar-refractivity contribution in [3.05, 3.63) is 28.2 Å². The van der Waals surface area contributed by atoms with Crippen LogP contribution < -0.4 is 0 Å². The standard InChI is InChI=1S/C10H15.C5H9.2C3H9P.Ta.H/c1-6-7(2)9(4)10(5)8(6)3;1-5(2,3)4;2*1-4(2)3;;/h1-5H3;1-3H3;2*1-3H3;;. The summed E-state index contributed by atoms with van der Waals surface area (Å²) in [6.07, 6.45) is 0. The molecule has 24 heavy (non-hydrogen) atoms. The second-order valence-corrected chi connectivity index (χ2v) is 14.4. The summed E-state index contributed by atoms with van der Waals surface area (Å²) in [5, 5.41) is 0. The minimum absolute atomic E-state index is 0.353. The van der Waals surface area contributed by atoms with Crippen molar-refractivity contribution in [2.24, 2.45) is 5.41 Å². The number of hydrogen-bond donors (Lipinski definition) is 0. The summed E-state index contributed by atoms with van der Waals surface area (Å²) in [7, 11) is 0.759. The molecule has 0 N–H and O–H groups in total. The molecule has 1 radical (unpaired) electrons. The Bertz CT molecular complexity index is 408. The summed E-state index contributed by atoms with van der Waals surface area (Å²) >= 11 is 1.10. The molecule has 0 aromatic heterocycles. The van der Waals surface area contributed by atoms with Gasteiger partial charge in [-0.25, -0.2) is 0 Å². The molecule has 0 atom stereocenters. The van der Waals surface area contributed by atoms with Crippen LogP contribution in [-0.4, -0.2) is 40.0 Å². The Labute approximate surface area is 168 Å². The van der Waals surface area contributed by atoms with E-state index in [0.717, 1.165) is 20.4 Å². The predicted molar refractivity (Wildman–Crippen MR) is 120 cm³/mol. The topological polar surface area (TPSA) is 0 Å². The van der Waals surface area contributed by atoms with Crippen LogP contribution in [0.5, 0.6) is 0 Å². The molecule has 0 saturated heterocycles. The third-order valence-electron chi connectivity index (χ3n) is 3.19. The first-order valence-corrected chi connectivity index (χ1v) is 15.6. The van der Waals surface area contributed by atoms with E-state index in [1.54, 1.807) is 0 Å². The van der Waals surface area contributed by atoms with Gasteiger partial charge >= 0.3 is 50.6 Å². The Balaban J connectivity index is -0.000000271. The summed E-state index contributed by atoms with van der Waals surface area (Å²) in [5.74, 6) is 1.47. The maximum absolute atomic E-state index is 3.24. The zero-order valence-corrected chi connectivity index (χ0v) is 24.3. The molecule has 0 aromatic rings. The van der Waals surface area contributed by atoms with E-state index in [4.69, 9.17) is 0 Å². The van der Waals surface area contributed by atoms with Gasteiger partial charge in [0.2, 0.25) is 0 Å². The largest absolute Gasteiger partial charge is 0.116 e. The van der Waals surface area contributed by atoms with E-state index in [-0.39, 0.29) is 0 Å². The van der Waals surface area contributed by atoms with Crippen molar-refractivity contribution in [3.8, 4) is 4.03 Å². The molecule has 0 aromatic carbocycles. The van der Waals surface area contributed by atoms with E-state index in [0.29, 0.717) is 21.3 Å². The molecule has 0 nitrogen and oxygen atoms in total. The fraction of sp³-hybridized carbons (Fsp3) is 0.714. The molecular formula is C21H43P2Ta. The molecule has 0 saturated carbocycles. The van der Waals surface area contributed by atoms with Crippen molar-refractivity contribution in [1.82, 2.24) is 0 Å². The van der Waals surface area contributed by atoms with E-state index in [9.17, 15) is 0 Å². The summed E-state index contributed by atoms with van der Waals surface area (Å²) in [5.41, 5.74) is 6.22. The Morgan fingerprint density at radius 3 is 0.833 bits per heavy atom. The monoisotopic (exact) mass is 538 g/mol. The van der Waals surface area contributed by atoms with E-state index in [1.807, 2.05) is 0 Å². The normalized spacial score (nSPS) is 14.5. The van der Waals surface area contributed by atoms with Gasteiger partial charge in [0.1, 0.15) is 0 Å². The van der Waals surface area contributed by atoms with Gasteiger partial charge in [-0.15, -0.1) is 15.8 Å². The number of hydrogen-bond acceptors (Lipinski definition) is 0. The van der Waals surface area contributed by atoms with Gasteiger partial charge in [-0.3, -0.25) is 0 Å². The molecular weight excluding hydrogens is 495 g/mol. The minimum atomic E-state index is 0.353. The number of allylic oxidation sites excluding steroid dienone is 4. The third kappa shape index (κ3) is 19.2. The Morgan fingerprint density at radius 2 is 0.792 bits per heavy atom. The molecule has 1 aliphatic rings. The maximum Gasteiger partial charge on any atom is 0.0226 e. The van der Waals surface area contributed by atoms with E-state index in [2.05, 4.69) is 99.4 Å². The van der Waals surface area contributed by atoms with Crippen LogP contribution in [0.4, 0.5) is 0 Å². The van der Waals surface area contributed by atoms with E-state index in [1.165, 1.54) is 28.2 Å². The molecule has 1 rings (SSSR count). The molecule has 1 aliphatic carbocycles. The van der Waals surface area contributed by atoms with Gasteiger partial charge < -0.3 is 0 Å². The zero-order chi connectivity index (χ0) is 20.2. The zero-order valence-electron chi connectivity index (χ0n) is 18.9. The van der Waals surface area contributed by atoms with Crippen LogP contribution in [-0.2, 0) is 20.4 Å². The van der Waals surface area contributed by atoms with Crippen molar-refractivity contribution in [2.45, 2.75) is 55.4 Å². The Hall–Kier alpha value is 0.860. The van der Waals surface area contributed by atoms with E-state index < -0.39 is 0 Å².